The molecule has 1 aromatic carbocycles. The number of alkyl halides is 1. The van der Waals surface area contributed by atoms with Gasteiger partial charge >= 0.3 is 0 Å². The highest BCUT2D eigenvalue weighted by atomic mass is 35.7. The lowest BCUT2D eigenvalue weighted by Gasteiger charge is -2.01. The second-order valence-corrected chi connectivity index (χ2v) is 4.95. The Hall–Kier alpha value is -0.450. The summed E-state index contributed by atoms with van der Waals surface area (Å²) in [6.45, 7) is 0. The van der Waals surface area contributed by atoms with Crippen molar-refractivity contribution in [2.24, 2.45) is 0 Å². The Morgan fingerprint density at radius 1 is 1.23 bits per heavy atom. The maximum absolute atomic E-state index is 10.8. The summed E-state index contributed by atoms with van der Waals surface area (Å²) in [6.07, 6.45) is 0. The normalized spacial score (nSPS) is 11.2. The monoisotopic (exact) mass is 240 g/mol. The molecule has 0 unspecified atom stereocenters. The SMILES string of the molecule is O=S(=O)(Cl)c1ccc(OCCl)cc1. The maximum Gasteiger partial charge on any atom is 0.261 e. The zero-order valence-electron chi connectivity index (χ0n) is 6.41. The fraction of sp³-hybridized carbons (Fsp3) is 0.143. The Balaban J connectivity index is 2.94. The highest BCUT2D eigenvalue weighted by molar-refractivity contribution is 8.13. The minimum Gasteiger partial charge on any atom is -0.478 e. The molecule has 0 aliphatic carbocycles. The summed E-state index contributed by atoms with van der Waals surface area (Å²) in [6, 6.07) is 5.69. The van der Waals surface area contributed by atoms with Gasteiger partial charge < -0.3 is 4.74 Å². The molecule has 0 bridgehead atoms. The van der Waals surface area contributed by atoms with Crippen molar-refractivity contribution in [2.75, 3.05) is 6.07 Å². The third-order valence-corrected chi connectivity index (χ3v) is 2.81. The molecule has 1 rings (SSSR count). The molecule has 0 aliphatic rings. The molecule has 13 heavy (non-hydrogen) atoms. The predicted octanol–water partition coefficient (Wildman–Crippen LogP) is 2.19. The van der Waals surface area contributed by atoms with Crippen molar-refractivity contribution in [3.05, 3.63) is 24.3 Å². The van der Waals surface area contributed by atoms with E-state index in [1.165, 1.54) is 24.3 Å². The van der Waals surface area contributed by atoms with Gasteiger partial charge in [-0.05, 0) is 24.3 Å². The Bertz CT molecular complexity index is 371. The van der Waals surface area contributed by atoms with Crippen LogP contribution in [0.2, 0.25) is 0 Å². The second kappa shape index (κ2) is 4.17. The minimum absolute atomic E-state index is 0.0208. The molecule has 0 aromatic heterocycles. The smallest absolute Gasteiger partial charge is 0.261 e. The summed E-state index contributed by atoms with van der Waals surface area (Å²) in [5.74, 6) is 0.499. The van der Waals surface area contributed by atoms with Crippen molar-refractivity contribution in [2.45, 2.75) is 4.90 Å². The third-order valence-electron chi connectivity index (χ3n) is 1.33. The average molecular weight is 241 g/mol. The molecule has 1 aromatic rings. The van der Waals surface area contributed by atoms with Crippen molar-refractivity contribution in [3.8, 4) is 5.75 Å². The summed E-state index contributed by atoms with van der Waals surface area (Å²) in [5, 5.41) is 0. The van der Waals surface area contributed by atoms with E-state index >= 15 is 0 Å². The highest BCUT2D eigenvalue weighted by Gasteiger charge is 2.08. The lowest BCUT2D eigenvalue weighted by atomic mass is 10.3. The van der Waals surface area contributed by atoms with Gasteiger partial charge in [0.05, 0.1) is 4.90 Å². The topological polar surface area (TPSA) is 43.4 Å². The van der Waals surface area contributed by atoms with Crippen LogP contribution in [0.4, 0.5) is 0 Å². The van der Waals surface area contributed by atoms with Crippen LogP contribution in [0.25, 0.3) is 0 Å². The van der Waals surface area contributed by atoms with Crippen molar-refractivity contribution >= 4 is 31.3 Å². The molecule has 0 spiro atoms. The number of halogens is 2. The van der Waals surface area contributed by atoms with E-state index < -0.39 is 9.05 Å². The van der Waals surface area contributed by atoms with Crippen LogP contribution in [0.5, 0.6) is 5.75 Å². The molecule has 0 saturated carbocycles. The van der Waals surface area contributed by atoms with Gasteiger partial charge in [-0.15, -0.1) is 0 Å². The second-order valence-electron chi connectivity index (χ2n) is 2.16. The number of hydrogen-bond acceptors (Lipinski definition) is 3. The predicted molar refractivity (Wildman–Crippen MR) is 50.8 cm³/mol. The van der Waals surface area contributed by atoms with E-state index in [0.29, 0.717) is 5.75 Å². The van der Waals surface area contributed by atoms with Gasteiger partial charge in [0, 0.05) is 10.7 Å². The molecule has 0 N–H and O–H groups in total. The van der Waals surface area contributed by atoms with Gasteiger partial charge in [-0.25, -0.2) is 8.42 Å². The van der Waals surface area contributed by atoms with Gasteiger partial charge in [-0.1, -0.05) is 11.6 Å². The third kappa shape index (κ3) is 3.06. The van der Waals surface area contributed by atoms with E-state index in [1.54, 1.807) is 0 Å². The van der Waals surface area contributed by atoms with Gasteiger partial charge in [0.2, 0.25) is 0 Å². The molecule has 0 atom stereocenters. The van der Waals surface area contributed by atoms with Crippen molar-refractivity contribution < 1.29 is 13.2 Å². The molecule has 0 fully saturated rings. The van der Waals surface area contributed by atoms with Crippen LogP contribution >= 0.6 is 22.3 Å². The van der Waals surface area contributed by atoms with E-state index in [2.05, 4.69) is 0 Å². The van der Waals surface area contributed by atoms with Gasteiger partial charge in [0.15, 0.2) is 6.07 Å². The van der Waals surface area contributed by atoms with Crippen LogP contribution in [0.15, 0.2) is 29.2 Å². The first-order chi connectivity index (χ1) is 6.04. The standard InChI is InChI=1S/C7H6Cl2O3S/c8-5-12-6-1-3-7(4-2-6)13(9,10)11/h1-4H,5H2. The first kappa shape index (κ1) is 10.6. The van der Waals surface area contributed by atoms with Crippen molar-refractivity contribution in [1.29, 1.82) is 0 Å². The van der Waals surface area contributed by atoms with E-state index in [1.807, 2.05) is 0 Å². The molecule has 3 nitrogen and oxygen atoms in total. The molecular formula is C7H6Cl2O3S. The quantitative estimate of drug-likeness (QED) is 0.601. The van der Waals surface area contributed by atoms with E-state index in [-0.39, 0.29) is 11.0 Å². The van der Waals surface area contributed by atoms with Crippen LogP contribution in [0.3, 0.4) is 0 Å². The number of benzene rings is 1. The van der Waals surface area contributed by atoms with E-state index in [4.69, 9.17) is 27.0 Å². The first-order valence-electron chi connectivity index (χ1n) is 3.27. The number of rotatable bonds is 3. The Morgan fingerprint density at radius 3 is 2.15 bits per heavy atom. The van der Waals surface area contributed by atoms with Crippen LogP contribution < -0.4 is 4.74 Å². The molecular weight excluding hydrogens is 235 g/mol. The minimum atomic E-state index is -3.65. The van der Waals surface area contributed by atoms with Crippen LogP contribution in [0, 0.1) is 0 Å². The summed E-state index contributed by atoms with van der Waals surface area (Å²) >= 11 is 5.30. The van der Waals surface area contributed by atoms with Crippen molar-refractivity contribution in [3.63, 3.8) is 0 Å². The molecule has 6 heteroatoms. The van der Waals surface area contributed by atoms with Crippen LogP contribution in [-0.4, -0.2) is 14.5 Å². The Morgan fingerprint density at radius 2 is 1.77 bits per heavy atom. The van der Waals surface area contributed by atoms with Crippen LogP contribution in [0.1, 0.15) is 0 Å². The summed E-state index contributed by atoms with van der Waals surface area (Å²) in [5.41, 5.74) is 0. The average Bonchev–Trinajstić information content (AvgIpc) is 2.04. The zero-order valence-corrected chi connectivity index (χ0v) is 8.73. The molecule has 0 amide bonds. The summed E-state index contributed by atoms with van der Waals surface area (Å²) in [7, 11) is 1.44. The Labute approximate surface area is 85.6 Å². The Kier molecular flexibility index (Phi) is 3.41. The molecule has 72 valence electrons. The fourth-order valence-corrected chi connectivity index (χ4v) is 1.66. The number of hydrogen-bond donors (Lipinski definition) is 0. The van der Waals surface area contributed by atoms with Crippen molar-refractivity contribution in [1.82, 2.24) is 0 Å². The molecule has 0 radical (unpaired) electrons. The van der Waals surface area contributed by atoms with Gasteiger partial charge in [0.25, 0.3) is 9.05 Å². The zero-order chi connectivity index (χ0) is 9.90. The maximum atomic E-state index is 10.8. The van der Waals surface area contributed by atoms with Crippen LogP contribution in [-0.2, 0) is 9.05 Å². The van der Waals surface area contributed by atoms with E-state index in [0.717, 1.165) is 0 Å². The lowest BCUT2D eigenvalue weighted by Crippen LogP contribution is -1.92. The molecule has 0 aliphatic heterocycles. The highest BCUT2D eigenvalue weighted by Crippen LogP contribution is 2.18. The lowest BCUT2D eigenvalue weighted by molar-refractivity contribution is 0.387. The molecule has 0 saturated heterocycles. The van der Waals surface area contributed by atoms with Gasteiger partial charge in [0.1, 0.15) is 5.75 Å². The van der Waals surface area contributed by atoms with Gasteiger partial charge in [-0.2, -0.15) is 0 Å². The first-order valence-corrected chi connectivity index (χ1v) is 6.12. The van der Waals surface area contributed by atoms with E-state index in [9.17, 15) is 8.42 Å². The summed E-state index contributed by atoms with van der Waals surface area (Å²) in [4.78, 5) is 0.0380. The molecule has 0 heterocycles. The summed E-state index contributed by atoms with van der Waals surface area (Å²) < 4.78 is 26.5. The number of ether oxygens (including phenoxy) is 1. The largest absolute Gasteiger partial charge is 0.478 e. The fourth-order valence-electron chi connectivity index (χ4n) is 0.761. The van der Waals surface area contributed by atoms with Gasteiger partial charge in [-0.3, -0.25) is 0 Å².